The Morgan fingerprint density at radius 2 is 1.75 bits per heavy atom. The van der Waals surface area contributed by atoms with Crippen LogP contribution in [-0.2, 0) is 9.63 Å². The van der Waals surface area contributed by atoms with Crippen molar-refractivity contribution in [2.45, 2.75) is 32.2 Å². The van der Waals surface area contributed by atoms with Crippen molar-refractivity contribution in [3.8, 4) is 0 Å². The molecule has 0 saturated carbocycles. The summed E-state index contributed by atoms with van der Waals surface area (Å²) in [5, 5.41) is 2.54. The number of aryl methyl sites for hydroxylation is 2. The molecule has 127 valence electrons. The molecule has 1 aromatic rings. The van der Waals surface area contributed by atoms with Gasteiger partial charge < -0.3 is 9.74 Å². The maximum Gasteiger partial charge on any atom is 0.255 e. The highest BCUT2D eigenvalue weighted by atomic mass is 35.5. The van der Waals surface area contributed by atoms with Crippen LogP contribution in [0.15, 0.2) is 17.7 Å². The van der Waals surface area contributed by atoms with Crippen molar-refractivity contribution >= 4 is 23.1 Å². The van der Waals surface area contributed by atoms with E-state index in [1.165, 1.54) is 0 Å². The maximum absolute atomic E-state index is 13.0. The summed E-state index contributed by atoms with van der Waals surface area (Å²) in [7, 11) is 3.47. The number of piperidine rings is 1. The van der Waals surface area contributed by atoms with Crippen LogP contribution in [0.25, 0.3) is 5.57 Å². The second kappa shape index (κ2) is 6.17. The van der Waals surface area contributed by atoms with Gasteiger partial charge in [0.25, 0.3) is 5.91 Å². The Labute approximate surface area is 149 Å². The van der Waals surface area contributed by atoms with E-state index in [1.807, 2.05) is 38.1 Å². The summed E-state index contributed by atoms with van der Waals surface area (Å²) in [5.41, 5.74) is 3.15. The summed E-state index contributed by atoms with van der Waals surface area (Å²) >= 11 is 6.13. The molecule has 0 N–H and O–H groups in total. The summed E-state index contributed by atoms with van der Waals surface area (Å²) in [5.74, 6) is -0.0700. The zero-order chi connectivity index (χ0) is 17.6. The molecule has 0 atom stereocenters. The van der Waals surface area contributed by atoms with Crippen molar-refractivity contribution < 1.29 is 9.63 Å². The number of amides is 1. The van der Waals surface area contributed by atoms with Crippen molar-refractivity contribution in [3.05, 3.63) is 46.3 Å². The van der Waals surface area contributed by atoms with E-state index in [9.17, 15) is 4.79 Å². The van der Waals surface area contributed by atoms with Gasteiger partial charge in [0.15, 0.2) is 0 Å². The molecule has 3 rings (SSSR count). The van der Waals surface area contributed by atoms with Crippen molar-refractivity contribution in [1.82, 2.24) is 9.96 Å². The fourth-order valence-electron chi connectivity index (χ4n) is 4.03. The average molecular weight is 346 g/mol. The molecule has 0 bridgehead atoms. The van der Waals surface area contributed by atoms with Gasteiger partial charge in [-0.15, -0.1) is 0 Å². The lowest BCUT2D eigenvalue weighted by Crippen LogP contribution is -2.53. The summed E-state index contributed by atoms with van der Waals surface area (Å²) in [6.45, 7) is 14.1. The predicted molar refractivity (Wildman–Crippen MR) is 94.4 cm³/mol. The number of hydroxylamine groups is 2. The van der Waals surface area contributed by atoms with Gasteiger partial charge in [0.2, 0.25) is 0 Å². The van der Waals surface area contributed by atoms with E-state index in [2.05, 4.69) is 0 Å². The molecule has 4 nitrogen and oxygen atoms in total. The molecule has 0 unspecified atom stereocenters. The van der Waals surface area contributed by atoms with Gasteiger partial charge in [0, 0.05) is 37.7 Å². The summed E-state index contributed by atoms with van der Waals surface area (Å²) in [4.78, 5) is 20.0. The molecular formula is C19H22ClN2O2. The third-order valence-corrected chi connectivity index (χ3v) is 5.65. The first-order valence-electron chi connectivity index (χ1n) is 8.12. The van der Waals surface area contributed by atoms with Crippen molar-refractivity contribution in [2.75, 3.05) is 27.2 Å². The third kappa shape index (κ3) is 2.48. The Kier molecular flexibility index (Phi) is 4.49. The Morgan fingerprint density at radius 1 is 1.21 bits per heavy atom. The number of benzene rings is 1. The van der Waals surface area contributed by atoms with Crippen LogP contribution < -0.4 is 0 Å². The van der Waals surface area contributed by atoms with Gasteiger partial charge in [-0.1, -0.05) is 11.6 Å². The van der Waals surface area contributed by atoms with Crippen molar-refractivity contribution in [3.63, 3.8) is 0 Å². The first kappa shape index (κ1) is 17.5. The number of halogens is 1. The summed E-state index contributed by atoms with van der Waals surface area (Å²) in [6, 6.07) is 3.71. The minimum absolute atomic E-state index is 0.0700. The second-order valence-electron chi connectivity index (χ2n) is 6.67. The van der Waals surface area contributed by atoms with Crippen LogP contribution in [-0.4, -0.2) is 48.7 Å². The normalized spacial score (nSPS) is 21.2. The maximum atomic E-state index is 13.0. The third-order valence-electron chi connectivity index (χ3n) is 5.43. The van der Waals surface area contributed by atoms with E-state index in [4.69, 9.17) is 23.4 Å². The van der Waals surface area contributed by atoms with Gasteiger partial charge in [-0.05, 0) is 61.1 Å². The minimum atomic E-state index is -0.528. The molecule has 1 fully saturated rings. The number of likely N-dealkylation sites (N-methyl/N-ethyl adjacent to an activating group) is 1. The highest BCUT2D eigenvalue weighted by Crippen LogP contribution is 2.46. The molecule has 2 aliphatic heterocycles. The van der Waals surface area contributed by atoms with E-state index >= 15 is 0 Å². The Hall–Kier alpha value is -1.36. The number of hydrogen-bond acceptors (Lipinski definition) is 3. The fourth-order valence-corrected chi connectivity index (χ4v) is 4.36. The monoisotopic (exact) mass is 345 g/mol. The lowest BCUT2D eigenvalue weighted by molar-refractivity contribution is -0.159. The topological polar surface area (TPSA) is 32.8 Å². The SMILES string of the molecule is [C]C1=C(c2c(C)cc(Cl)cc2C)C(=O)N(C)C12CCN(OC)CC2. The van der Waals surface area contributed by atoms with Crippen LogP contribution in [0.4, 0.5) is 0 Å². The fraction of sp³-hybridized carbons (Fsp3) is 0.474. The van der Waals surface area contributed by atoms with E-state index < -0.39 is 5.54 Å². The van der Waals surface area contributed by atoms with Crippen LogP contribution in [0.3, 0.4) is 0 Å². The summed E-state index contributed by atoms with van der Waals surface area (Å²) < 4.78 is 0. The average Bonchev–Trinajstić information content (AvgIpc) is 2.71. The molecule has 24 heavy (non-hydrogen) atoms. The molecule has 2 heterocycles. The molecule has 2 aliphatic rings. The number of carbonyl (C=O) groups excluding carboxylic acids is 1. The van der Waals surface area contributed by atoms with Crippen LogP contribution in [0.2, 0.25) is 5.02 Å². The number of rotatable bonds is 2. The largest absolute Gasteiger partial charge is 0.332 e. The first-order valence-corrected chi connectivity index (χ1v) is 8.50. The van der Waals surface area contributed by atoms with Gasteiger partial charge in [-0.25, -0.2) is 0 Å². The smallest absolute Gasteiger partial charge is 0.255 e. The number of carbonyl (C=O) groups is 1. The van der Waals surface area contributed by atoms with Crippen LogP contribution in [0.1, 0.15) is 29.5 Å². The van der Waals surface area contributed by atoms with Crippen LogP contribution in [0.5, 0.6) is 0 Å². The Morgan fingerprint density at radius 3 is 2.25 bits per heavy atom. The molecule has 0 aromatic heterocycles. The molecule has 1 saturated heterocycles. The van der Waals surface area contributed by atoms with Gasteiger partial charge in [0.1, 0.15) is 0 Å². The zero-order valence-corrected chi connectivity index (χ0v) is 15.3. The van der Waals surface area contributed by atoms with Gasteiger partial charge in [-0.2, -0.15) is 5.06 Å². The Balaban J connectivity index is 2.10. The van der Waals surface area contributed by atoms with Gasteiger partial charge >= 0.3 is 0 Å². The molecule has 1 aromatic carbocycles. The standard InChI is InChI=1S/C19H22ClN2O2/c1-12-10-15(20)11-13(2)16(12)17-14(3)19(21(4)18(17)23)6-8-22(24-5)9-7-19/h10-11H,6-9H2,1-2,4-5H3. The van der Waals surface area contributed by atoms with Crippen LogP contribution >= 0.6 is 11.6 Å². The van der Waals surface area contributed by atoms with Crippen LogP contribution in [0, 0.1) is 20.8 Å². The van der Waals surface area contributed by atoms with E-state index in [1.54, 1.807) is 12.0 Å². The summed E-state index contributed by atoms with van der Waals surface area (Å²) in [6.07, 6.45) is 1.41. The van der Waals surface area contributed by atoms with E-state index in [0.717, 1.165) is 16.7 Å². The molecule has 3 radical (unpaired) electrons. The van der Waals surface area contributed by atoms with Gasteiger partial charge in [-0.3, -0.25) is 4.79 Å². The highest BCUT2D eigenvalue weighted by molar-refractivity contribution is 6.31. The predicted octanol–water partition coefficient (Wildman–Crippen LogP) is 3.17. The lowest BCUT2D eigenvalue weighted by atomic mass is 9.80. The zero-order valence-electron chi connectivity index (χ0n) is 14.6. The molecule has 1 spiro atoms. The number of nitrogens with zero attached hydrogens (tertiary/aromatic N) is 2. The number of hydrogen-bond donors (Lipinski definition) is 0. The second-order valence-corrected chi connectivity index (χ2v) is 7.11. The quantitative estimate of drug-likeness (QED) is 0.825. The Bertz CT molecular complexity index is 695. The lowest BCUT2D eigenvalue weighted by Gasteiger charge is -2.43. The molecule has 1 amide bonds. The van der Waals surface area contributed by atoms with Crippen molar-refractivity contribution in [2.24, 2.45) is 0 Å². The minimum Gasteiger partial charge on any atom is -0.332 e. The van der Waals surface area contributed by atoms with E-state index in [0.29, 0.717) is 42.1 Å². The molecule has 5 heteroatoms. The highest BCUT2D eigenvalue weighted by Gasteiger charge is 2.50. The van der Waals surface area contributed by atoms with Gasteiger partial charge in [0.05, 0.1) is 12.6 Å². The first-order chi connectivity index (χ1) is 11.3. The van der Waals surface area contributed by atoms with E-state index in [-0.39, 0.29) is 5.91 Å². The molecular weight excluding hydrogens is 324 g/mol. The van der Waals surface area contributed by atoms with Crippen molar-refractivity contribution in [1.29, 1.82) is 0 Å². The molecule has 0 aliphatic carbocycles.